The van der Waals surface area contributed by atoms with Gasteiger partial charge < -0.3 is 0 Å². The van der Waals surface area contributed by atoms with Gasteiger partial charge in [-0.25, -0.2) is 26.0 Å². The van der Waals surface area contributed by atoms with E-state index in [9.17, 15) is 26.0 Å². The van der Waals surface area contributed by atoms with Crippen molar-refractivity contribution in [2.75, 3.05) is 4.72 Å². The van der Waals surface area contributed by atoms with E-state index in [1.807, 2.05) is 0 Å². The fourth-order valence-electron chi connectivity index (χ4n) is 1.52. The van der Waals surface area contributed by atoms with Gasteiger partial charge >= 0.3 is 0 Å². The van der Waals surface area contributed by atoms with Crippen molar-refractivity contribution in [3.05, 3.63) is 58.1 Å². The van der Waals surface area contributed by atoms with E-state index in [0.29, 0.717) is 10.5 Å². The second-order valence-electron chi connectivity index (χ2n) is 3.93. The van der Waals surface area contributed by atoms with Crippen LogP contribution in [-0.2, 0) is 10.0 Å². The molecular weight excluding hydrogens is 378 g/mol. The molecule has 0 radical (unpaired) electrons. The van der Waals surface area contributed by atoms with Gasteiger partial charge in [-0.05, 0) is 18.2 Å². The zero-order valence-electron chi connectivity index (χ0n) is 10.0. The molecule has 0 heterocycles. The van der Waals surface area contributed by atoms with Crippen LogP contribution in [-0.4, -0.2) is 8.42 Å². The van der Waals surface area contributed by atoms with Crippen LogP contribution in [0.1, 0.15) is 0 Å². The van der Waals surface area contributed by atoms with Gasteiger partial charge in [0.2, 0.25) is 0 Å². The van der Waals surface area contributed by atoms with Gasteiger partial charge in [0.05, 0.1) is 5.69 Å². The third-order valence-electron chi connectivity index (χ3n) is 2.42. The van der Waals surface area contributed by atoms with Crippen molar-refractivity contribution in [3.63, 3.8) is 0 Å². The van der Waals surface area contributed by atoms with E-state index in [4.69, 9.17) is 0 Å². The maximum absolute atomic E-state index is 13.6. The van der Waals surface area contributed by atoms with Crippen molar-refractivity contribution >= 4 is 31.6 Å². The molecule has 21 heavy (non-hydrogen) atoms. The Balaban J connectivity index is 2.47. The van der Waals surface area contributed by atoms with Gasteiger partial charge in [-0.3, -0.25) is 4.72 Å². The maximum atomic E-state index is 13.6. The number of benzene rings is 2. The first-order valence-electron chi connectivity index (χ1n) is 5.33. The van der Waals surface area contributed by atoms with Gasteiger partial charge in [-0.2, -0.15) is 0 Å². The summed E-state index contributed by atoms with van der Waals surface area (Å²) >= 11 is 2.95. The predicted octanol–water partition coefficient (Wildman–Crippen LogP) is 3.81. The topological polar surface area (TPSA) is 46.2 Å². The fourth-order valence-corrected chi connectivity index (χ4v) is 2.97. The molecule has 0 atom stereocenters. The van der Waals surface area contributed by atoms with Crippen molar-refractivity contribution in [3.8, 4) is 0 Å². The average Bonchev–Trinajstić information content (AvgIpc) is 2.34. The summed E-state index contributed by atoms with van der Waals surface area (Å²) in [7, 11) is -4.54. The normalized spacial score (nSPS) is 11.5. The SMILES string of the molecule is O=S(=O)(Nc1cc(F)cc(F)c1F)c1ccc(Br)cc1F. The van der Waals surface area contributed by atoms with E-state index < -0.39 is 43.9 Å². The van der Waals surface area contributed by atoms with Crippen molar-refractivity contribution in [2.24, 2.45) is 0 Å². The molecule has 0 aromatic heterocycles. The second-order valence-corrected chi connectivity index (χ2v) is 6.50. The Hall–Kier alpha value is -1.61. The number of hydrogen-bond donors (Lipinski definition) is 1. The Labute approximate surface area is 125 Å². The minimum Gasteiger partial charge on any atom is -0.276 e. The number of hydrogen-bond acceptors (Lipinski definition) is 2. The minimum absolute atomic E-state index is 0.257. The van der Waals surface area contributed by atoms with Crippen LogP contribution in [0.4, 0.5) is 23.2 Å². The molecule has 2 rings (SSSR count). The molecule has 0 aliphatic carbocycles. The van der Waals surface area contributed by atoms with Crippen LogP contribution in [0.3, 0.4) is 0 Å². The highest BCUT2D eigenvalue weighted by Gasteiger charge is 2.22. The fraction of sp³-hybridized carbons (Fsp3) is 0. The summed E-state index contributed by atoms with van der Waals surface area (Å²) in [6.45, 7) is 0. The Morgan fingerprint density at radius 3 is 2.24 bits per heavy atom. The zero-order valence-corrected chi connectivity index (χ0v) is 12.4. The van der Waals surface area contributed by atoms with Crippen LogP contribution in [0.5, 0.6) is 0 Å². The maximum Gasteiger partial charge on any atom is 0.264 e. The summed E-state index contributed by atoms with van der Waals surface area (Å²) in [5.41, 5.74) is -0.949. The first-order valence-corrected chi connectivity index (χ1v) is 7.61. The van der Waals surface area contributed by atoms with Gasteiger partial charge in [0.15, 0.2) is 11.6 Å². The monoisotopic (exact) mass is 383 g/mol. The van der Waals surface area contributed by atoms with Crippen LogP contribution >= 0.6 is 15.9 Å². The van der Waals surface area contributed by atoms with Crippen LogP contribution in [0, 0.1) is 23.3 Å². The Bertz CT molecular complexity index is 811. The molecule has 2 aromatic rings. The predicted molar refractivity (Wildman–Crippen MR) is 71.2 cm³/mol. The first-order chi connectivity index (χ1) is 9.70. The largest absolute Gasteiger partial charge is 0.276 e. The lowest BCUT2D eigenvalue weighted by atomic mass is 10.3. The highest BCUT2D eigenvalue weighted by molar-refractivity contribution is 9.10. The Morgan fingerprint density at radius 2 is 1.62 bits per heavy atom. The lowest BCUT2D eigenvalue weighted by Gasteiger charge is -2.10. The summed E-state index contributed by atoms with van der Waals surface area (Å²) in [6, 6.07) is 3.77. The zero-order chi connectivity index (χ0) is 15.8. The van der Waals surface area contributed by atoms with Gasteiger partial charge in [-0.15, -0.1) is 0 Å². The standard InChI is InChI=1S/C12H6BrF4NO2S/c13-6-1-2-11(8(15)3-6)21(19,20)18-10-5-7(14)4-9(16)12(10)17/h1-5,18H. The van der Waals surface area contributed by atoms with E-state index in [1.165, 1.54) is 6.07 Å². The minimum atomic E-state index is -4.54. The number of sulfonamides is 1. The quantitative estimate of drug-likeness (QED) is 0.647. The molecule has 112 valence electrons. The lowest BCUT2D eigenvalue weighted by molar-refractivity contribution is 0.498. The van der Waals surface area contributed by atoms with E-state index >= 15 is 0 Å². The van der Waals surface area contributed by atoms with Crippen LogP contribution in [0.25, 0.3) is 0 Å². The third kappa shape index (κ3) is 3.35. The smallest absolute Gasteiger partial charge is 0.264 e. The lowest BCUT2D eigenvalue weighted by Crippen LogP contribution is -2.16. The molecule has 2 aromatic carbocycles. The van der Waals surface area contributed by atoms with Gasteiger partial charge in [0.25, 0.3) is 10.0 Å². The van der Waals surface area contributed by atoms with Crippen molar-refractivity contribution in [1.29, 1.82) is 0 Å². The number of anilines is 1. The number of halogens is 5. The molecule has 1 N–H and O–H groups in total. The van der Waals surface area contributed by atoms with Gasteiger partial charge in [0, 0.05) is 16.6 Å². The number of rotatable bonds is 3. The van der Waals surface area contributed by atoms with E-state index in [-0.39, 0.29) is 6.07 Å². The summed E-state index contributed by atoms with van der Waals surface area (Å²) in [6.07, 6.45) is 0. The molecule has 3 nitrogen and oxygen atoms in total. The summed E-state index contributed by atoms with van der Waals surface area (Å²) in [5.74, 6) is -5.43. The van der Waals surface area contributed by atoms with Crippen molar-refractivity contribution in [1.82, 2.24) is 0 Å². The summed E-state index contributed by atoms with van der Waals surface area (Å²) in [5, 5.41) is 0. The highest BCUT2D eigenvalue weighted by atomic mass is 79.9. The van der Waals surface area contributed by atoms with Gasteiger partial charge in [-0.1, -0.05) is 15.9 Å². The van der Waals surface area contributed by atoms with E-state index in [0.717, 1.165) is 12.1 Å². The van der Waals surface area contributed by atoms with Crippen LogP contribution < -0.4 is 4.72 Å². The summed E-state index contributed by atoms with van der Waals surface area (Å²) < 4.78 is 78.8. The Morgan fingerprint density at radius 1 is 0.952 bits per heavy atom. The molecule has 0 aliphatic heterocycles. The van der Waals surface area contributed by atoms with Crippen molar-refractivity contribution < 1.29 is 26.0 Å². The molecule has 0 fully saturated rings. The molecule has 0 unspecified atom stereocenters. The van der Waals surface area contributed by atoms with Crippen LogP contribution in [0.2, 0.25) is 0 Å². The molecule has 0 saturated carbocycles. The first kappa shape index (κ1) is 15.8. The summed E-state index contributed by atoms with van der Waals surface area (Å²) in [4.78, 5) is -0.783. The molecule has 0 amide bonds. The molecule has 0 spiro atoms. The molecule has 0 saturated heterocycles. The third-order valence-corrected chi connectivity index (χ3v) is 4.31. The molecule has 0 aliphatic rings. The molecule has 9 heteroatoms. The molecule has 0 bridgehead atoms. The highest BCUT2D eigenvalue weighted by Crippen LogP contribution is 2.25. The van der Waals surface area contributed by atoms with E-state index in [2.05, 4.69) is 15.9 Å². The molecular formula is C12H6BrF4NO2S. The Kier molecular flexibility index (Phi) is 4.24. The number of nitrogens with one attached hydrogen (secondary N) is 1. The van der Waals surface area contributed by atoms with E-state index in [1.54, 1.807) is 4.72 Å². The van der Waals surface area contributed by atoms with Crippen molar-refractivity contribution in [2.45, 2.75) is 4.90 Å². The van der Waals surface area contributed by atoms with Gasteiger partial charge in [0.1, 0.15) is 16.5 Å². The van der Waals surface area contributed by atoms with Crippen LogP contribution in [0.15, 0.2) is 39.7 Å². The average molecular weight is 384 g/mol. The second kappa shape index (κ2) is 5.64.